The van der Waals surface area contributed by atoms with Gasteiger partial charge in [0.2, 0.25) is 0 Å². The number of fused-ring (bicyclic) bond motifs is 3. The third-order valence-corrected chi connectivity index (χ3v) is 4.93. The number of ether oxygens (including phenoxy) is 5. The first kappa shape index (κ1) is 15.5. The smallest absolute Gasteiger partial charge is 0.184 e. The van der Waals surface area contributed by atoms with Crippen molar-refractivity contribution in [2.75, 3.05) is 13.2 Å². The van der Waals surface area contributed by atoms with Gasteiger partial charge in [0.05, 0.1) is 13.2 Å². The van der Waals surface area contributed by atoms with E-state index in [4.69, 9.17) is 23.7 Å². The van der Waals surface area contributed by atoms with E-state index in [0.29, 0.717) is 13.2 Å². The van der Waals surface area contributed by atoms with Gasteiger partial charge in [0.1, 0.15) is 24.4 Å². The topological polar surface area (TPSA) is 46.2 Å². The maximum Gasteiger partial charge on any atom is 0.184 e. The van der Waals surface area contributed by atoms with Crippen molar-refractivity contribution in [2.45, 2.75) is 37.0 Å². The molecule has 6 atom stereocenters. The fourth-order valence-corrected chi connectivity index (χ4v) is 3.70. The Morgan fingerprint density at radius 1 is 0.560 bits per heavy atom. The van der Waals surface area contributed by atoms with E-state index in [1.54, 1.807) is 0 Å². The van der Waals surface area contributed by atoms with E-state index >= 15 is 0 Å². The highest BCUT2D eigenvalue weighted by atomic mass is 16.8. The molecule has 3 aliphatic heterocycles. The SMILES string of the molecule is c1ccc(C2OC[C@@H]3O[C@H]4COC(c5ccccc5)O[C@H]4[C@@H]3O2)cc1. The molecule has 3 aliphatic rings. The van der Waals surface area contributed by atoms with Crippen molar-refractivity contribution >= 4 is 0 Å². The van der Waals surface area contributed by atoms with Gasteiger partial charge < -0.3 is 23.7 Å². The molecule has 130 valence electrons. The predicted molar refractivity (Wildman–Crippen MR) is 88.7 cm³/mol. The lowest BCUT2D eigenvalue weighted by Crippen LogP contribution is -2.47. The Morgan fingerprint density at radius 3 is 1.44 bits per heavy atom. The van der Waals surface area contributed by atoms with Crippen LogP contribution in [0.2, 0.25) is 0 Å². The van der Waals surface area contributed by atoms with Gasteiger partial charge in [0.15, 0.2) is 12.6 Å². The maximum absolute atomic E-state index is 6.22. The van der Waals surface area contributed by atoms with E-state index < -0.39 is 0 Å². The van der Waals surface area contributed by atoms with Crippen LogP contribution < -0.4 is 0 Å². The largest absolute Gasteiger partial charge is 0.365 e. The second kappa shape index (κ2) is 6.52. The molecule has 0 amide bonds. The number of rotatable bonds is 2. The minimum absolute atomic E-state index is 0.118. The first-order valence-corrected chi connectivity index (χ1v) is 8.68. The molecule has 3 heterocycles. The van der Waals surface area contributed by atoms with Crippen molar-refractivity contribution in [1.82, 2.24) is 0 Å². The van der Waals surface area contributed by atoms with Crippen molar-refractivity contribution < 1.29 is 23.7 Å². The van der Waals surface area contributed by atoms with Gasteiger partial charge in [-0.15, -0.1) is 0 Å². The minimum Gasteiger partial charge on any atom is -0.365 e. The quantitative estimate of drug-likeness (QED) is 0.841. The Labute approximate surface area is 146 Å². The van der Waals surface area contributed by atoms with E-state index in [0.717, 1.165) is 11.1 Å². The van der Waals surface area contributed by atoms with Crippen LogP contribution in [0.4, 0.5) is 0 Å². The normalized spacial score (nSPS) is 37.3. The van der Waals surface area contributed by atoms with Crippen LogP contribution in [-0.2, 0) is 23.7 Å². The summed E-state index contributed by atoms with van der Waals surface area (Å²) in [5.41, 5.74) is 2.02. The van der Waals surface area contributed by atoms with Gasteiger partial charge >= 0.3 is 0 Å². The van der Waals surface area contributed by atoms with Crippen LogP contribution in [0.3, 0.4) is 0 Å². The first-order valence-electron chi connectivity index (χ1n) is 8.68. The van der Waals surface area contributed by atoms with Gasteiger partial charge in [0, 0.05) is 11.1 Å². The summed E-state index contributed by atoms with van der Waals surface area (Å²) in [4.78, 5) is 0. The third kappa shape index (κ3) is 2.88. The van der Waals surface area contributed by atoms with Crippen molar-refractivity contribution in [2.24, 2.45) is 0 Å². The Morgan fingerprint density at radius 2 is 1.00 bits per heavy atom. The van der Waals surface area contributed by atoms with E-state index in [1.165, 1.54) is 0 Å². The minimum atomic E-state index is -0.383. The van der Waals surface area contributed by atoms with E-state index in [2.05, 4.69) is 0 Å². The van der Waals surface area contributed by atoms with Crippen LogP contribution >= 0.6 is 0 Å². The molecule has 5 nitrogen and oxygen atoms in total. The van der Waals surface area contributed by atoms with Crippen LogP contribution in [0.5, 0.6) is 0 Å². The van der Waals surface area contributed by atoms with Gasteiger partial charge in [-0.3, -0.25) is 0 Å². The summed E-state index contributed by atoms with van der Waals surface area (Å²) < 4.78 is 30.2. The zero-order chi connectivity index (χ0) is 16.6. The van der Waals surface area contributed by atoms with Crippen LogP contribution in [0.25, 0.3) is 0 Å². The van der Waals surface area contributed by atoms with Gasteiger partial charge in [-0.25, -0.2) is 0 Å². The lowest BCUT2D eigenvalue weighted by molar-refractivity contribution is -0.278. The summed E-state index contributed by atoms with van der Waals surface area (Å²) in [5, 5.41) is 0. The molecule has 5 rings (SSSR count). The molecule has 5 heteroatoms. The predicted octanol–water partition coefficient (Wildman–Crippen LogP) is 2.98. The highest BCUT2D eigenvalue weighted by molar-refractivity contribution is 5.18. The molecule has 0 saturated carbocycles. The Bertz CT molecular complexity index is 645. The monoisotopic (exact) mass is 340 g/mol. The first-order chi connectivity index (χ1) is 12.4. The molecule has 2 aromatic carbocycles. The van der Waals surface area contributed by atoms with Crippen molar-refractivity contribution in [3.63, 3.8) is 0 Å². The zero-order valence-corrected chi connectivity index (χ0v) is 13.7. The lowest BCUT2D eigenvalue weighted by Gasteiger charge is -2.36. The summed E-state index contributed by atoms with van der Waals surface area (Å²) in [6.07, 6.45) is -1.31. The van der Waals surface area contributed by atoms with Crippen molar-refractivity contribution in [3.05, 3.63) is 71.8 Å². The summed E-state index contributed by atoms with van der Waals surface area (Å²) in [6.45, 7) is 0.993. The molecular formula is C20H20O5. The Hall–Kier alpha value is -1.76. The van der Waals surface area contributed by atoms with E-state index in [-0.39, 0.29) is 37.0 Å². The number of benzene rings is 2. The lowest BCUT2D eigenvalue weighted by atomic mass is 10.0. The third-order valence-electron chi connectivity index (χ3n) is 4.93. The van der Waals surface area contributed by atoms with Crippen LogP contribution in [0.15, 0.2) is 60.7 Å². The van der Waals surface area contributed by atoms with E-state index in [1.807, 2.05) is 60.7 Å². The average Bonchev–Trinajstić information content (AvgIpc) is 3.06. The summed E-state index contributed by atoms with van der Waals surface area (Å²) in [5.74, 6) is 0. The molecule has 0 bridgehead atoms. The summed E-state index contributed by atoms with van der Waals surface area (Å²) >= 11 is 0. The molecule has 0 radical (unpaired) electrons. The molecule has 25 heavy (non-hydrogen) atoms. The molecule has 3 saturated heterocycles. The van der Waals surface area contributed by atoms with Gasteiger partial charge in [0.25, 0.3) is 0 Å². The van der Waals surface area contributed by atoms with Crippen LogP contribution in [-0.4, -0.2) is 37.6 Å². The molecule has 0 spiro atoms. The maximum atomic E-state index is 6.22. The number of hydrogen-bond donors (Lipinski definition) is 0. The standard InChI is InChI=1S/C20H20O5/c1-3-7-13(8-4-1)19-21-11-15-17(24-19)18-16(23-15)12-22-20(25-18)14-9-5-2-6-10-14/h1-10,15-20H,11-12H2/t15-,16-,17+,18+,19?,20?/m0/s1. The highest BCUT2D eigenvalue weighted by Crippen LogP contribution is 2.40. The van der Waals surface area contributed by atoms with Crippen LogP contribution in [0, 0.1) is 0 Å². The Balaban J connectivity index is 1.34. The number of hydrogen-bond acceptors (Lipinski definition) is 5. The molecule has 0 aromatic heterocycles. The summed E-state index contributed by atoms with van der Waals surface area (Å²) in [6, 6.07) is 19.9. The highest BCUT2D eigenvalue weighted by Gasteiger charge is 2.52. The molecule has 2 unspecified atom stereocenters. The average molecular weight is 340 g/mol. The Kier molecular flexibility index (Phi) is 4.04. The second-order valence-electron chi connectivity index (χ2n) is 6.57. The fourth-order valence-electron chi connectivity index (χ4n) is 3.70. The zero-order valence-electron chi connectivity index (χ0n) is 13.7. The second-order valence-corrected chi connectivity index (χ2v) is 6.57. The molecule has 3 fully saturated rings. The van der Waals surface area contributed by atoms with Gasteiger partial charge in [-0.1, -0.05) is 60.7 Å². The van der Waals surface area contributed by atoms with Gasteiger partial charge in [-0.05, 0) is 0 Å². The summed E-state index contributed by atoms with van der Waals surface area (Å²) in [7, 11) is 0. The molecule has 2 aromatic rings. The van der Waals surface area contributed by atoms with Crippen LogP contribution in [0.1, 0.15) is 23.7 Å². The molecule has 0 aliphatic carbocycles. The van der Waals surface area contributed by atoms with Gasteiger partial charge in [-0.2, -0.15) is 0 Å². The van der Waals surface area contributed by atoms with Crippen molar-refractivity contribution in [1.29, 1.82) is 0 Å². The van der Waals surface area contributed by atoms with Crippen molar-refractivity contribution in [3.8, 4) is 0 Å². The fraction of sp³-hybridized carbons (Fsp3) is 0.400. The molecular weight excluding hydrogens is 320 g/mol. The molecule has 0 N–H and O–H groups in total. The van der Waals surface area contributed by atoms with E-state index in [9.17, 15) is 0 Å².